The Morgan fingerprint density at radius 3 is 2.34 bits per heavy atom. The van der Waals surface area contributed by atoms with Gasteiger partial charge in [0.1, 0.15) is 17.1 Å². The predicted octanol–water partition coefficient (Wildman–Crippen LogP) is 6.66. The second-order valence-electron chi connectivity index (χ2n) is 8.25. The zero-order valence-corrected chi connectivity index (χ0v) is 20.9. The van der Waals surface area contributed by atoms with Crippen molar-refractivity contribution in [3.63, 3.8) is 0 Å². The van der Waals surface area contributed by atoms with Crippen LogP contribution in [-0.2, 0) is 8.85 Å². The van der Waals surface area contributed by atoms with E-state index in [9.17, 15) is 18.0 Å². The van der Waals surface area contributed by atoms with Gasteiger partial charge in [-0.05, 0) is 43.3 Å². The van der Waals surface area contributed by atoms with E-state index in [0.717, 1.165) is 37.8 Å². The number of unbranched alkanes of at least 4 members (excludes halogenated alkanes) is 3. The number of para-hydroxylation sites is 1. The molecule has 0 amide bonds. The summed E-state index contributed by atoms with van der Waals surface area (Å²) in [5, 5.41) is 0.553. The largest absolute Gasteiger partial charge is 0.573 e. The maximum Gasteiger partial charge on any atom is 0.573 e. The molecule has 35 heavy (non-hydrogen) atoms. The Balaban J connectivity index is 1.62. The van der Waals surface area contributed by atoms with E-state index in [2.05, 4.69) is 4.74 Å². The number of hydrogen-bond acceptors (Lipinski definition) is 6. The molecule has 1 heterocycles. The lowest BCUT2D eigenvalue weighted by atomic mass is 10.0. The molecule has 0 aliphatic heterocycles. The lowest BCUT2D eigenvalue weighted by molar-refractivity contribution is -0.274. The topological polar surface area (TPSA) is 67.1 Å². The van der Waals surface area contributed by atoms with Crippen molar-refractivity contribution in [2.75, 3.05) is 20.8 Å². The van der Waals surface area contributed by atoms with E-state index >= 15 is 0 Å². The fourth-order valence-electron chi connectivity index (χ4n) is 3.65. The summed E-state index contributed by atoms with van der Waals surface area (Å²) in [6.07, 6.45) is -0.924. The quantitative estimate of drug-likeness (QED) is 0.154. The summed E-state index contributed by atoms with van der Waals surface area (Å²) in [6.45, 7) is 2.56. The van der Waals surface area contributed by atoms with Crippen LogP contribution in [0.5, 0.6) is 11.5 Å². The van der Waals surface area contributed by atoms with E-state index in [4.69, 9.17) is 18.0 Å². The van der Waals surface area contributed by atoms with Crippen LogP contribution < -0.4 is 15.1 Å². The standard InChI is InChI=1S/C25H29F3O6Si/c1-30-35(3,31-2)15-9-5-4-8-14-32-19-13-12-18-16-21(24(29)33-23(18)17-19)20-10-6-7-11-22(20)34-25(26,27)28/h6-7,10-13,16-17H,4-5,8-9,14-15H2,1-3H3. The molecule has 0 radical (unpaired) electrons. The maximum atomic E-state index is 12.8. The molecule has 0 bridgehead atoms. The molecule has 3 aromatic rings. The van der Waals surface area contributed by atoms with Gasteiger partial charge in [-0.3, -0.25) is 0 Å². The minimum absolute atomic E-state index is 0.000203. The molecule has 2 aromatic carbocycles. The molecule has 0 saturated heterocycles. The van der Waals surface area contributed by atoms with Crippen molar-refractivity contribution < 1.29 is 35.9 Å². The third-order valence-electron chi connectivity index (χ3n) is 5.77. The van der Waals surface area contributed by atoms with Crippen LogP contribution in [0.4, 0.5) is 13.2 Å². The first-order valence-electron chi connectivity index (χ1n) is 11.3. The molecule has 0 aliphatic rings. The highest BCUT2D eigenvalue weighted by atomic mass is 28.4. The number of rotatable bonds is 12. The molecule has 0 spiro atoms. The zero-order valence-electron chi connectivity index (χ0n) is 19.9. The van der Waals surface area contributed by atoms with Crippen LogP contribution in [0, 0.1) is 0 Å². The predicted molar refractivity (Wildman–Crippen MR) is 129 cm³/mol. The van der Waals surface area contributed by atoms with E-state index < -0.39 is 26.3 Å². The first-order valence-corrected chi connectivity index (χ1v) is 13.8. The van der Waals surface area contributed by atoms with E-state index in [-0.39, 0.29) is 16.7 Å². The van der Waals surface area contributed by atoms with E-state index in [1.54, 1.807) is 32.4 Å². The summed E-state index contributed by atoms with van der Waals surface area (Å²) in [5.41, 5.74) is -0.503. The summed E-state index contributed by atoms with van der Waals surface area (Å²) < 4.78 is 64.5. The van der Waals surface area contributed by atoms with Crippen molar-refractivity contribution in [1.29, 1.82) is 0 Å². The molecule has 0 fully saturated rings. The average molecular weight is 511 g/mol. The molecule has 0 saturated carbocycles. The molecule has 0 aliphatic carbocycles. The monoisotopic (exact) mass is 510 g/mol. The highest BCUT2D eigenvalue weighted by Crippen LogP contribution is 2.33. The third-order valence-corrected chi connectivity index (χ3v) is 8.76. The molecule has 10 heteroatoms. The zero-order chi connectivity index (χ0) is 25.5. The van der Waals surface area contributed by atoms with E-state index in [1.165, 1.54) is 24.3 Å². The first kappa shape index (κ1) is 26.8. The average Bonchev–Trinajstić information content (AvgIpc) is 2.82. The van der Waals surface area contributed by atoms with Gasteiger partial charge in [-0.1, -0.05) is 37.5 Å². The van der Waals surface area contributed by atoms with Crippen LogP contribution in [-0.4, -0.2) is 35.7 Å². The molecule has 6 nitrogen and oxygen atoms in total. The molecular weight excluding hydrogens is 481 g/mol. The maximum absolute atomic E-state index is 12.8. The van der Waals surface area contributed by atoms with Crippen LogP contribution in [0.2, 0.25) is 12.6 Å². The third kappa shape index (κ3) is 7.58. The van der Waals surface area contributed by atoms with E-state index in [1.807, 2.05) is 6.55 Å². The summed E-state index contributed by atoms with van der Waals surface area (Å²) >= 11 is 0. The van der Waals surface area contributed by atoms with Gasteiger partial charge in [-0.15, -0.1) is 13.2 Å². The van der Waals surface area contributed by atoms with Crippen LogP contribution in [0.25, 0.3) is 22.1 Å². The van der Waals surface area contributed by atoms with Crippen molar-refractivity contribution in [2.45, 2.75) is 44.6 Å². The molecule has 3 rings (SSSR count). The summed E-state index contributed by atoms with van der Waals surface area (Å²) in [5.74, 6) is 0.0796. The molecular formula is C25H29F3O6Si. The van der Waals surface area contributed by atoms with Gasteiger partial charge in [0.2, 0.25) is 0 Å². The SMILES string of the molecule is CO[Si](C)(CCCCCCOc1ccc2cc(-c3ccccc3OC(F)(F)F)c(=O)oc2c1)OC. The van der Waals surface area contributed by atoms with Crippen molar-refractivity contribution in [1.82, 2.24) is 0 Å². The van der Waals surface area contributed by atoms with Crippen molar-refractivity contribution in [2.24, 2.45) is 0 Å². The van der Waals surface area contributed by atoms with Gasteiger partial charge < -0.3 is 22.7 Å². The van der Waals surface area contributed by atoms with Crippen molar-refractivity contribution >= 4 is 19.5 Å². The molecule has 0 unspecified atom stereocenters. The van der Waals surface area contributed by atoms with Gasteiger partial charge in [0.15, 0.2) is 0 Å². The molecule has 190 valence electrons. The van der Waals surface area contributed by atoms with Gasteiger partial charge in [-0.2, -0.15) is 0 Å². The number of benzene rings is 2. The molecule has 1 aromatic heterocycles. The minimum Gasteiger partial charge on any atom is -0.493 e. The van der Waals surface area contributed by atoms with Crippen LogP contribution in [0.3, 0.4) is 0 Å². The Hall–Kier alpha value is -2.82. The highest BCUT2D eigenvalue weighted by Gasteiger charge is 2.32. The second-order valence-corrected chi connectivity index (χ2v) is 11.8. The Morgan fingerprint density at radius 1 is 0.914 bits per heavy atom. The number of ether oxygens (including phenoxy) is 2. The van der Waals surface area contributed by atoms with Crippen LogP contribution in [0.15, 0.2) is 57.7 Å². The van der Waals surface area contributed by atoms with Crippen molar-refractivity contribution in [3.8, 4) is 22.6 Å². The number of fused-ring (bicyclic) bond motifs is 1. The number of alkyl halides is 3. The Bertz CT molecular complexity index is 1170. The minimum atomic E-state index is -4.88. The Labute approximate surface area is 202 Å². The molecule has 0 atom stereocenters. The Morgan fingerprint density at radius 2 is 1.63 bits per heavy atom. The van der Waals surface area contributed by atoms with Crippen LogP contribution in [0.1, 0.15) is 25.7 Å². The van der Waals surface area contributed by atoms with Gasteiger partial charge in [0, 0.05) is 31.2 Å². The van der Waals surface area contributed by atoms with Gasteiger partial charge in [0.25, 0.3) is 0 Å². The normalized spacial score (nSPS) is 12.2. The highest BCUT2D eigenvalue weighted by molar-refractivity contribution is 6.65. The van der Waals surface area contributed by atoms with Gasteiger partial charge in [0.05, 0.1) is 12.2 Å². The van der Waals surface area contributed by atoms with Crippen LogP contribution >= 0.6 is 0 Å². The Kier molecular flexibility index (Phi) is 8.98. The summed E-state index contributed by atoms with van der Waals surface area (Å²) in [6, 6.07) is 12.9. The lowest BCUT2D eigenvalue weighted by Gasteiger charge is -2.22. The second kappa shape index (κ2) is 11.7. The summed E-state index contributed by atoms with van der Waals surface area (Å²) in [7, 11) is 1.37. The van der Waals surface area contributed by atoms with E-state index in [0.29, 0.717) is 17.7 Å². The smallest absolute Gasteiger partial charge is 0.493 e. The van der Waals surface area contributed by atoms with Gasteiger partial charge in [-0.25, -0.2) is 4.79 Å². The number of halogens is 3. The van der Waals surface area contributed by atoms with Gasteiger partial charge >= 0.3 is 20.5 Å². The summed E-state index contributed by atoms with van der Waals surface area (Å²) in [4.78, 5) is 12.6. The first-order chi connectivity index (χ1) is 16.6. The lowest BCUT2D eigenvalue weighted by Crippen LogP contribution is -2.35. The van der Waals surface area contributed by atoms with Crippen molar-refractivity contribution in [3.05, 3.63) is 59.0 Å². The fourth-order valence-corrected chi connectivity index (χ4v) is 5.12. The number of hydrogen-bond donors (Lipinski definition) is 0. The fraction of sp³-hybridized carbons (Fsp3) is 0.400. The molecule has 0 N–H and O–H groups in total.